The Balaban J connectivity index is 2.29. The van der Waals surface area contributed by atoms with Gasteiger partial charge in [0, 0.05) is 6.54 Å². The van der Waals surface area contributed by atoms with E-state index < -0.39 is 5.97 Å². The first-order chi connectivity index (χ1) is 6.59. The van der Waals surface area contributed by atoms with Crippen LogP contribution in [0.25, 0.3) is 0 Å². The molecular weight excluding hydrogens is 182 g/mol. The third-order valence-electron chi connectivity index (χ3n) is 2.73. The lowest BCUT2D eigenvalue weighted by Gasteiger charge is -2.24. The lowest BCUT2D eigenvalue weighted by atomic mass is 9.82. The first-order valence-electron chi connectivity index (χ1n) is 4.87. The van der Waals surface area contributed by atoms with Gasteiger partial charge in [-0.25, -0.2) is 0 Å². The van der Waals surface area contributed by atoms with Gasteiger partial charge in [0.2, 0.25) is 0 Å². The summed E-state index contributed by atoms with van der Waals surface area (Å²) in [6.07, 6.45) is 3.32. The number of nitrogens with zero attached hydrogens (tertiary/aromatic N) is 1. The Morgan fingerprint density at radius 1 is 1.29 bits per heavy atom. The molecule has 80 valence electrons. The quantitative estimate of drug-likeness (QED) is 0.444. The molecule has 1 saturated carbocycles. The highest BCUT2D eigenvalue weighted by molar-refractivity contribution is 5.75. The molecule has 0 spiro atoms. The minimum Gasteiger partial charge on any atom is -0.481 e. The molecule has 0 saturated heterocycles. The molecule has 5 heteroatoms. The summed E-state index contributed by atoms with van der Waals surface area (Å²) in [5.74, 6) is -0.270. The Kier molecular flexibility index (Phi) is 3.73. The van der Waals surface area contributed by atoms with Crippen molar-refractivity contribution >= 4 is 11.9 Å². The van der Waals surface area contributed by atoms with E-state index in [0.29, 0.717) is 12.5 Å². The lowest BCUT2D eigenvalue weighted by molar-refractivity contribution is -0.143. The van der Waals surface area contributed by atoms with Crippen LogP contribution in [0.1, 0.15) is 25.7 Å². The third-order valence-corrected chi connectivity index (χ3v) is 2.73. The van der Waals surface area contributed by atoms with E-state index in [9.17, 15) is 4.79 Å². The standard InChI is InChI=1S/C9H17N3O2/c10-9(11)12-5-6-1-3-7(4-2-6)8(13)14/h6-7H,1-5H2,(H,13,14)(H4,10,11,12). The maximum Gasteiger partial charge on any atom is 0.306 e. The van der Waals surface area contributed by atoms with Gasteiger partial charge in [-0.05, 0) is 31.6 Å². The minimum atomic E-state index is -0.676. The van der Waals surface area contributed by atoms with Crippen LogP contribution in [0.2, 0.25) is 0 Å². The Bertz CT molecular complexity index is 228. The number of nitrogens with two attached hydrogens (primary N) is 2. The van der Waals surface area contributed by atoms with Crippen LogP contribution >= 0.6 is 0 Å². The summed E-state index contributed by atoms with van der Waals surface area (Å²) in [6, 6.07) is 0. The number of hydrogen-bond acceptors (Lipinski definition) is 2. The van der Waals surface area contributed by atoms with Gasteiger partial charge in [0.25, 0.3) is 0 Å². The number of hydrogen-bond donors (Lipinski definition) is 3. The second-order valence-corrected chi connectivity index (χ2v) is 3.82. The minimum absolute atomic E-state index is 0.116. The predicted octanol–water partition coefficient (Wildman–Crippen LogP) is 0.151. The summed E-state index contributed by atoms with van der Waals surface area (Å²) in [5, 5.41) is 8.78. The zero-order valence-corrected chi connectivity index (χ0v) is 8.15. The SMILES string of the molecule is NC(N)=NCC1CCC(C(=O)O)CC1. The zero-order chi connectivity index (χ0) is 10.6. The molecule has 0 aromatic rings. The van der Waals surface area contributed by atoms with Crippen LogP contribution in [-0.2, 0) is 4.79 Å². The molecule has 14 heavy (non-hydrogen) atoms. The first kappa shape index (κ1) is 10.8. The fourth-order valence-corrected chi connectivity index (χ4v) is 1.83. The van der Waals surface area contributed by atoms with Gasteiger partial charge < -0.3 is 16.6 Å². The molecule has 1 fully saturated rings. The van der Waals surface area contributed by atoms with Crippen LogP contribution in [0.4, 0.5) is 0 Å². The molecule has 1 aliphatic rings. The van der Waals surface area contributed by atoms with Crippen molar-refractivity contribution in [1.29, 1.82) is 0 Å². The Hall–Kier alpha value is -1.26. The highest BCUT2D eigenvalue weighted by atomic mass is 16.4. The first-order valence-corrected chi connectivity index (χ1v) is 4.87. The van der Waals surface area contributed by atoms with Crippen LogP contribution < -0.4 is 11.5 Å². The molecule has 0 aliphatic heterocycles. The van der Waals surface area contributed by atoms with E-state index >= 15 is 0 Å². The van der Waals surface area contributed by atoms with Gasteiger partial charge in [-0.3, -0.25) is 9.79 Å². The summed E-state index contributed by atoms with van der Waals surface area (Å²) in [6.45, 7) is 0.634. The van der Waals surface area contributed by atoms with Gasteiger partial charge in [0.05, 0.1) is 5.92 Å². The lowest BCUT2D eigenvalue weighted by Crippen LogP contribution is -2.26. The van der Waals surface area contributed by atoms with Crippen LogP contribution in [0.15, 0.2) is 4.99 Å². The molecule has 0 aromatic heterocycles. The normalized spacial score (nSPS) is 26.9. The van der Waals surface area contributed by atoms with Crippen LogP contribution in [-0.4, -0.2) is 23.6 Å². The molecule has 0 radical (unpaired) electrons. The fourth-order valence-electron chi connectivity index (χ4n) is 1.83. The van der Waals surface area contributed by atoms with Gasteiger partial charge in [0.15, 0.2) is 5.96 Å². The Labute approximate surface area is 83.2 Å². The molecular formula is C9H17N3O2. The Morgan fingerprint density at radius 2 is 1.86 bits per heavy atom. The van der Waals surface area contributed by atoms with E-state index in [0.717, 1.165) is 25.7 Å². The van der Waals surface area contributed by atoms with Gasteiger partial charge in [-0.15, -0.1) is 0 Å². The number of aliphatic imine (C=N–C) groups is 1. The van der Waals surface area contributed by atoms with Crippen molar-refractivity contribution < 1.29 is 9.90 Å². The molecule has 0 heterocycles. The number of guanidine groups is 1. The number of carbonyl (C=O) groups is 1. The number of aliphatic carboxylic acids is 1. The Morgan fingerprint density at radius 3 is 2.29 bits per heavy atom. The average Bonchev–Trinajstić information content (AvgIpc) is 2.15. The molecule has 0 bridgehead atoms. The van der Waals surface area contributed by atoms with E-state index in [1.165, 1.54) is 0 Å². The van der Waals surface area contributed by atoms with Crippen LogP contribution in [0.3, 0.4) is 0 Å². The highest BCUT2D eigenvalue weighted by Crippen LogP contribution is 2.28. The van der Waals surface area contributed by atoms with Gasteiger partial charge in [0.1, 0.15) is 0 Å². The van der Waals surface area contributed by atoms with Crippen molar-refractivity contribution in [3.05, 3.63) is 0 Å². The maximum atomic E-state index is 10.7. The molecule has 0 aromatic carbocycles. The molecule has 1 aliphatic carbocycles. The molecule has 5 nitrogen and oxygen atoms in total. The summed E-state index contributed by atoms with van der Waals surface area (Å²) >= 11 is 0. The van der Waals surface area contributed by atoms with Crippen molar-refractivity contribution in [2.45, 2.75) is 25.7 Å². The van der Waals surface area contributed by atoms with Gasteiger partial charge in [-0.1, -0.05) is 0 Å². The largest absolute Gasteiger partial charge is 0.481 e. The van der Waals surface area contributed by atoms with E-state index in [4.69, 9.17) is 16.6 Å². The van der Waals surface area contributed by atoms with Crippen molar-refractivity contribution in [3.8, 4) is 0 Å². The third kappa shape index (κ3) is 3.24. The number of rotatable bonds is 3. The summed E-state index contributed by atoms with van der Waals surface area (Å²) in [7, 11) is 0. The summed E-state index contributed by atoms with van der Waals surface area (Å²) in [4.78, 5) is 14.6. The van der Waals surface area contributed by atoms with Gasteiger partial charge in [-0.2, -0.15) is 0 Å². The predicted molar refractivity (Wildman–Crippen MR) is 53.8 cm³/mol. The highest BCUT2D eigenvalue weighted by Gasteiger charge is 2.25. The smallest absolute Gasteiger partial charge is 0.306 e. The zero-order valence-electron chi connectivity index (χ0n) is 8.15. The summed E-state index contributed by atoms with van der Waals surface area (Å²) < 4.78 is 0. The van der Waals surface area contributed by atoms with E-state index in [-0.39, 0.29) is 11.9 Å². The number of carboxylic acids is 1. The monoisotopic (exact) mass is 199 g/mol. The molecule has 5 N–H and O–H groups in total. The van der Waals surface area contributed by atoms with Crippen LogP contribution in [0, 0.1) is 11.8 Å². The van der Waals surface area contributed by atoms with Crippen molar-refractivity contribution in [3.63, 3.8) is 0 Å². The topological polar surface area (TPSA) is 102 Å². The van der Waals surface area contributed by atoms with Crippen LogP contribution in [0.5, 0.6) is 0 Å². The van der Waals surface area contributed by atoms with E-state index in [1.807, 2.05) is 0 Å². The van der Waals surface area contributed by atoms with E-state index in [1.54, 1.807) is 0 Å². The molecule has 0 unspecified atom stereocenters. The molecule has 0 amide bonds. The fraction of sp³-hybridized carbons (Fsp3) is 0.778. The maximum absolute atomic E-state index is 10.7. The van der Waals surface area contributed by atoms with E-state index in [2.05, 4.69) is 4.99 Å². The number of carboxylic acid groups (broad SMARTS) is 1. The summed E-state index contributed by atoms with van der Waals surface area (Å²) in [5.41, 5.74) is 10.4. The van der Waals surface area contributed by atoms with Gasteiger partial charge >= 0.3 is 5.97 Å². The van der Waals surface area contributed by atoms with Crippen molar-refractivity contribution in [1.82, 2.24) is 0 Å². The van der Waals surface area contributed by atoms with Crippen molar-refractivity contribution in [2.75, 3.05) is 6.54 Å². The van der Waals surface area contributed by atoms with Crippen molar-refractivity contribution in [2.24, 2.45) is 28.3 Å². The second-order valence-electron chi connectivity index (χ2n) is 3.82. The average molecular weight is 199 g/mol. The second kappa shape index (κ2) is 4.83. The molecule has 0 atom stereocenters. The molecule has 1 rings (SSSR count).